The van der Waals surface area contributed by atoms with Gasteiger partial charge in [-0.3, -0.25) is 4.99 Å². The Morgan fingerprint density at radius 2 is 1.91 bits per heavy atom. The Labute approximate surface area is 207 Å². The van der Waals surface area contributed by atoms with Crippen LogP contribution in [0.1, 0.15) is 56.2 Å². The second-order valence-electron chi connectivity index (χ2n) is 10.4. The van der Waals surface area contributed by atoms with Crippen molar-refractivity contribution in [2.24, 2.45) is 10.9 Å². The van der Waals surface area contributed by atoms with Crippen molar-refractivity contribution >= 4 is 75.7 Å². The molecule has 0 amide bonds. The molecule has 0 bridgehead atoms. The Morgan fingerprint density at radius 1 is 1.06 bits per heavy atom. The predicted octanol–water partition coefficient (Wildman–Crippen LogP) is 9.05. The van der Waals surface area contributed by atoms with E-state index in [-0.39, 0.29) is 5.41 Å². The number of nitrogens with zero attached hydrogens (tertiary/aromatic N) is 1. The van der Waals surface area contributed by atoms with Gasteiger partial charge in [0.15, 0.2) is 0 Å². The summed E-state index contributed by atoms with van der Waals surface area (Å²) in [6.45, 7) is 12.2. The lowest BCUT2D eigenvalue weighted by Gasteiger charge is -2.22. The summed E-state index contributed by atoms with van der Waals surface area (Å²) < 4.78 is 4.20. The van der Waals surface area contributed by atoms with Crippen LogP contribution in [0.4, 0.5) is 5.69 Å². The highest BCUT2D eigenvalue weighted by Gasteiger charge is 2.26. The monoisotopic (exact) mass is 488 g/mol. The van der Waals surface area contributed by atoms with Crippen molar-refractivity contribution in [3.8, 4) is 0 Å². The molecular weight excluding hydrogens is 461 g/mol. The van der Waals surface area contributed by atoms with Gasteiger partial charge in [0.05, 0.1) is 16.3 Å². The molecule has 0 radical (unpaired) electrons. The maximum atomic E-state index is 5.01. The molecule has 1 aliphatic rings. The number of hydrogen-bond acceptors (Lipinski definition) is 5. The molecule has 5 aromatic rings. The normalized spacial score (nSPS) is 14.3. The number of anilines is 1. The van der Waals surface area contributed by atoms with E-state index in [9.17, 15) is 0 Å². The van der Waals surface area contributed by atoms with E-state index in [1.54, 1.807) is 0 Å². The van der Waals surface area contributed by atoms with Gasteiger partial charge < -0.3 is 5.32 Å². The average Bonchev–Trinajstić information content (AvgIpc) is 3.47. The highest BCUT2D eigenvalue weighted by molar-refractivity contribution is 7.24. The number of benzene rings is 2. The fourth-order valence-corrected chi connectivity index (χ4v) is 8.48. The lowest BCUT2D eigenvalue weighted by molar-refractivity contribution is 0.596. The summed E-state index contributed by atoms with van der Waals surface area (Å²) in [5, 5.41) is 12.3. The first kappa shape index (κ1) is 21.3. The third-order valence-electron chi connectivity index (χ3n) is 6.44. The Hall–Kier alpha value is -2.21. The molecule has 3 aromatic heterocycles. The largest absolute Gasteiger partial charge is 0.365 e. The van der Waals surface area contributed by atoms with Crippen molar-refractivity contribution in [3.05, 3.63) is 62.7 Å². The molecule has 1 aliphatic heterocycles. The molecule has 0 saturated carbocycles. The van der Waals surface area contributed by atoms with Crippen LogP contribution in [-0.2, 0) is 11.8 Å². The van der Waals surface area contributed by atoms with Crippen molar-refractivity contribution in [2.75, 3.05) is 12.0 Å². The van der Waals surface area contributed by atoms with Gasteiger partial charge in [0.25, 0.3) is 0 Å². The Bertz CT molecular complexity index is 1550. The van der Waals surface area contributed by atoms with Gasteiger partial charge in [0.2, 0.25) is 0 Å². The second-order valence-corrected chi connectivity index (χ2v) is 13.3. The molecule has 168 valence electrons. The van der Waals surface area contributed by atoms with Gasteiger partial charge in [-0.1, -0.05) is 34.6 Å². The van der Waals surface area contributed by atoms with Crippen molar-refractivity contribution in [1.29, 1.82) is 0 Å². The SMILES string of the molecule is CC(C)Cc1csc2ccc3c4c(sc3c12)C(c1cc(C(C)(C)C)c2sccc2c1)=NCN4. The van der Waals surface area contributed by atoms with Crippen LogP contribution in [0.15, 0.2) is 46.1 Å². The van der Waals surface area contributed by atoms with Crippen LogP contribution in [0.2, 0.25) is 0 Å². The Kier molecular flexibility index (Phi) is 4.95. The third kappa shape index (κ3) is 3.44. The van der Waals surface area contributed by atoms with Crippen LogP contribution < -0.4 is 5.32 Å². The third-order valence-corrected chi connectivity index (χ3v) is 9.63. The summed E-state index contributed by atoms with van der Waals surface area (Å²) in [6.07, 6.45) is 1.12. The van der Waals surface area contributed by atoms with Crippen molar-refractivity contribution in [2.45, 2.75) is 46.5 Å². The van der Waals surface area contributed by atoms with Crippen LogP contribution in [-0.4, -0.2) is 12.4 Å². The summed E-state index contributed by atoms with van der Waals surface area (Å²) in [7, 11) is 0. The van der Waals surface area contributed by atoms with E-state index in [4.69, 9.17) is 4.99 Å². The summed E-state index contributed by atoms with van der Waals surface area (Å²) in [5.41, 5.74) is 6.62. The summed E-state index contributed by atoms with van der Waals surface area (Å²) in [5.74, 6) is 0.649. The lowest BCUT2D eigenvalue weighted by Crippen LogP contribution is -2.16. The number of fused-ring (bicyclic) bond motifs is 6. The first-order chi connectivity index (χ1) is 15.8. The summed E-state index contributed by atoms with van der Waals surface area (Å²) in [6, 6.07) is 11.6. The van der Waals surface area contributed by atoms with E-state index < -0.39 is 0 Å². The predicted molar refractivity (Wildman–Crippen MR) is 150 cm³/mol. The number of thiophene rings is 3. The number of hydrogen-bond donors (Lipinski definition) is 1. The number of nitrogens with one attached hydrogen (secondary N) is 1. The average molecular weight is 489 g/mol. The van der Waals surface area contributed by atoms with Crippen LogP contribution >= 0.6 is 34.0 Å². The van der Waals surface area contributed by atoms with Gasteiger partial charge in [0, 0.05) is 30.4 Å². The molecule has 1 N–H and O–H groups in total. The van der Waals surface area contributed by atoms with Crippen LogP contribution in [0.25, 0.3) is 30.3 Å². The summed E-state index contributed by atoms with van der Waals surface area (Å²) >= 11 is 5.64. The molecule has 0 aliphatic carbocycles. The van der Waals surface area contributed by atoms with E-state index >= 15 is 0 Å². The van der Waals surface area contributed by atoms with E-state index in [0.717, 1.165) is 12.1 Å². The molecule has 0 atom stereocenters. The molecule has 4 heterocycles. The maximum absolute atomic E-state index is 5.01. The van der Waals surface area contributed by atoms with Gasteiger partial charge in [-0.25, -0.2) is 0 Å². The van der Waals surface area contributed by atoms with E-state index in [1.165, 1.54) is 57.5 Å². The van der Waals surface area contributed by atoms with Crippen molar-refractivity contribution < 1.29 is 0 Å². The van der Waals surface area contributed by atoms with Gasteiger partial charge in [0.1, 0.15) is 6.67 Å². The van der Waals surface area contributed by atoms with E-state index in [0.29, 0.717) is 12.6 Å². The second kappa shape index (κ2) is 7.66. The lowest BCUT2D eigenvalue weighted by atomic mass is 9.84. The van der Waals surface area contributed by atoms with Gasteiger partial charge in [-0.15, -0.1) is 34.0 Å². The smallest absolute Gasteiger partial charge is 0.108 e. The van der Waals surface area contributed by atoms with E-state index in [2.05, 4.69) is 81.0 Å². The zero-order chi connectivity index (χ0) is 22.9. The fourth-order valence-electron chi connectivity index (χ4n) is 4.94. The molecule has 0 saturated heterocycles. The molecule has 5 heteroatoms. The zero-order valence-corrected chi connectivity index (χ0v) is 22.2. The molecule has 6 rings (SSSR count). The Balaban J connectivity index is 1.58. The first-order valence-corrected chi connectivity index (χ1v) is 14.1. The van der Waals surface area contributed by atoms with Crippen molar-refractivity contribution in [1.82, 2.24) is 0 Å². The van der Waals surface area contributed by atoms with Crippen LogP contribution in [0.3, 0.4) is 0 Å². The van der Waals surface area contributed by atoms with Crippen molar-refractivity contribution in [3.63, 3.8) is 0 Å². The zero-order valence-electron chi connectivity index (χ0n) is 19.7. The highest BCUT2D eigenvalue weighted by atomic mass is 32.1. The Morgan fingerprint density at radius 3 is 2.70 bits per heavy atom. The molecule has 2 nitrogen and oxygen atoms in total. The maximum Gasteiger partial charge on any atom is 0.108 e. The summed E-state index contributed by atoms with van der Waals surface area (Å²) in [4.78, 5) is 6.29. The fraction of sp³-hybridized carbons (Fsp3) is 0.321. The van der Waals surface area contributed by atoms with E-state index in [1.807, 2.05) is 34.0 Å². The minimum atomic E-state index is 0.0875. The minimum Gasteiger partial charge on any atom is -0.365 e. The quantitative estimate of drug-likeness (QED) is 0.269. The van der Waals surface area contributed by atoms with Gasteiger partial charge >= 0.3 is 0 Å². The van der Waals surface area contributed by atoms with Crippen LogP contribution in [0, 0.1) is 5.92 Å². The molecule has 0 spiro atoms. The molecule has 2 aromatic carbocycles. The van der Waals surface area contributed by atoms with Crippen LogP contribution in [0.5, 0.6) is 0 Å². The van der Waals surface area contributed by atoms with Gasteiger partial charge in [-0.2, -0.15) is 0 Å². The molecule has 33 heavy (non-hydrogen) atoms. The number of aliphatic imine (C=N–C) groups is 1. The standard InChI is InChI=1S/C28H28N2S3/c1-15(2)10-18-13-32-21-7-6-19-24-27(33-26(19)22(18)21)23(29-14-30-24)17-11-16-8-9-31-25(16)20(12-17)28(3,4)5/h6-9,11-13,15,30H,10,14H2,1-5H3. The molecule has 0 fully saturated rings. The topological polar surface area (TPSA) is 24.4 Å². The first-order valence-electron chi connectivity index (χ1n) is 11.6. The molecule has 0 unspecified atom stereocenters. The minimum absolute atomic E-state index is 0.0875. The molecular formula is C28H28N2S3. The van der Waals surface area contributed by atoms with Gasteiger partial charge in [-0.05, 0) is 75.4 Å². The highest BCUT2D eigenvalue weighted by Crippen LogP contribution is 2.46. The number of rotatable bonds is 3.